The van der Waals surface area contributed by atoms with Gasteiger partial charge in [0.05, 0.1) is 0 Å². The van der Waals surface area contributed by atoms with Gasteiger partial charge in [-0.25, -0.2) is 4.39 Å². The molecule has 4 heteroatoms. The third-order valence-electron chi connectivity index (χ3n) is 2.93. The molecule has 2 rings (SSSR count). The van der Waals surface area contributed by atoms with Crippen LogP contribution in [0.3, 0.4) is 0 Å². The first-order valence-corrected chi connectivity index (χ1v) is 7.09. The van der Waals surface area contributed by atoms with E-state index in [9.17, 15) is 4.39 Å². The third kappa shape index (κ3) is 3.48. The van der Waals surface area contributed by atoms with E-state index >= 15 is 0 Å². The molecule has 0 bridgehead atoms. The fourth-order valence-electron chi connectivity index (χ4n) is 1.92. The van der Waals surface area contributed by atoms with E-state index in [1.807, 2.05) is 26.0 Å². The van der Waals surface area contributed by atoms with E-state index in [0.29, 0.717) is 17.1 Å². The predicted molar refractivity (Wildman–Crippen MR) is 82.4 cm³/mol. The number of benzene rings is 2. The molecule has 0 radical (unpaired) electrons. The van der Waals surface area contributed by atoms with Gasteiger partial charge in [-0.15, -0.1) is 0 Å². The first kappa shape index (κ1) is 14.4. The van der Waals surface area contributed by atoms with Crippen LogP contribution in [0.25, 0.3) is 0 Å². The van der Waals surface area contributed by atoms with Crippen LogP contribution in [0.5, 0.6) is 0 Å². The SMILES string of the molecule is Cc1cc(NCc2cc(Cl)ccc2F)cc(C)c1Br. The van der Waals surface area contributed by atoms with E-state index in [-0.39, 0.29) is 5.82 Å². The Morgan fingerprint density at radius 1 is 1.16 bits per heavy atom. The summed E-state index contributed by atoms with van der Waals surface area (Å²) in [4.78, 5) is 0. The maximum absolute atomic E-state index is 13.6. The lowest BCUT2D eigenvalue weighted by atomic mass is 10.1. The molecule has 19 heavy (non-hydrogen) atoms. The molecule has 0 aliphatic carbocycles. The average Bonchev–Trinajstić information content (AvgIpc) is 2.37. The van der Waals surface area contributed by atoms with Gasteiger partial charge in [-0.05, 0) is 55.3 Å². The van der Waals surface area contributed by atoms with E-state index in [2.05, 4.69) is 21.2 Å². The smallest absolute Gasteiger partial charge is 0.128 e. The van der Waals surface area contributed by atoms with Crippen molar-refractivity contribution in [1.82, 2.24) is 0 Å². The molecule has 0 saturated heterocycles. The predicted octanol–water partition coefficient (Wildman–Crippen LogP) is 5.47. The number of hydrogen-bond acceptors (Lipinski definition) is 1. The second kappa shape index (κ2) is 5.93. The summed E-state index contributed by atoms with van der Waals surface area (Å²) in [7, 11) is 0. The molecule has 0 saturated carbocycles. The van der Waals surface area contributed by atoms with Gasteiger partial charge in [0, 0.05) is 27.3 Å². The van der Waals surface area contributed by atoms with Crippen molar-refractivity contribution in [1.29, 1.82) is 0 Å². The Hall–Kier alpha value is -1.06. The molecule has 0 aromatic heterocycles. The van der Waals surface area contributed by atoms with Gasteiger partial charge in [-0.2, -0.15) is 0 Å². The van der Waals surface area contributed by atoms with E-state index < -0.39 is 0 Å². The first-order chi connectivity index (χ1) is 8.97. The van der Waals surface area contributed by atoms with E-state index in [1.54, 1.807) is 12.1 Å². The van der Waals surface area contributed by atoms with Crippen LogP contribution in [-0.4, -0.2) is 0 Å². The summed E-state index contributed by atoms with van der Waals surface area (Å²) in [6.07, 6.45) is 0. The quantitative estimate of drug-likeness (QED) is 0.780. The topological polar surface area (TPSA) is 12.0 Å². The minimum Gasteiger partial charge on any atom is -0.381 e. The first-order valence-electron chi connectivity index (χ1n) is 5.92. The van der Waals surface area contributed by atoms with E-state index in [1.165, 1.54) is 6.07 Å². The number of aryl methyl sites for hydroxylation is 2. The zero-order valence-electron chi connectivity index (χ0n) is 10.7. The van der Waals surface area contributed by atoms with E-state index in [0.717, 1.165) is 21.3 Å². The molecule has 0 aliphatic heterocycles. The maximum atomic E-state index is 13.6. The molecule has 0 amide bonds. The molecule has 0 fully saturated rings. The summed E-state index contributed by atoms with van der Waals surface area (Å²) in [5, 5.41) is 3.76. The Labute approximate surface area is 125 Å². The monoisotopic (exact) mass is 341 g/mol. The van der Waals surface area contributed by atoms with Gasteiger partial charge >= 0.3 is 0 Å². The number of anilines is 1. The van der Waals surface area contributed by atoms with Gasteiger partial charge in [0.15, 0.2) is 0 Å². The highest BCUT2D eigenvalue weighted by Gasteiger charge is 2.05. The highest BCUT2D eigenvalue weighted by Crippen LogP contribution is 2.25. The molecule has 2 aromatic carbocycles. The van der Waals surface area contributed by atoms with Crippen LogP contribution < -0.4 is 5.32 Å². The lowest BCUT2D eigenvalue weighted by molar-refractivity contribution is 0.613. The van der Waals surface area contributed by atoms with Gasteiger partial charge in [-0.1, -0.05) is 27.5 Å². The largest absolute Gasteiger partial charge is 0.381 e. The number of nitrogens with one attached hydrogen (secondary N) is 1. The zero-order chi connectivity index (χ0) is 14.0. The Morgan fingerprint density at radius 3 is 2.42 bits per heavy atom. The lowest BCUT2D eigenvalue weighted by Gasteiger charge is -2.11. The molecule has 0 unspecified atom stereocenters. The lowest BCUT2D eigenvalue weighted by Crippen LogP contribution is -2.02. The summed E-state index contributed by atoms with van der Waals surface area (Å²) < 4.78 is 14.7. The second-order valence-corrected chi connectivity index (χ2v) is 5.74. The van der Waals surface area contributed by atoms with Crippen molar-refractivity contribution in [2.24, 2.45) is 0 Å². The summed E-state index contributed by atoms with van der Waals surface area (Å²) in [5.74, 6) is -0.248. The average molecular weight is 343 g/mol. The fraction of sp³-hybridized carbons (Fsp3) is 0.200. The molecule has 1 N–H and O–H groups in total. The van der Waals surface area contributed by atoms with Crippen LogP contribution in [0.2, 0.25) is 5.02 Å². The van der Waals surface area contributed by atoms with Crippen LogP contribution in [0.1, 0.15) is 16.7 Å². The second-order valence-electron chi connectivity index (χ2n) is 4.51. The standard InChI is InChI=1S/C15H14BrClFN/c1-9-5-13(6-10(2)15(9)16)19-8-11-7-12(17)3-4-14(11)18/h3-7,19H,8H2,1-2H3. The van der Waals surface area contributed by atoms with Crippen LogP contribution in [0.4, 0.5) is 10.1 Å². The van der Waals surface area contributed by atoms with Gasteiger partial charge < -0.3 is 5.32 Å². The molecule has 0 aliphatic rings. The molecule has 2 aromatic rings. The van der Waals surface area contributed by atoms with Gasteiger partial charge in [0.2, 0.25) is 0 Å². The normalized spacial score (nSPS) is 10.6. The Morgan fingerprint density at radius 2 is 1.79 bits per heavy atom. The van der Waals surface area contributed by atoms with Crippen molar-refractivity contribution in [2.45, 2.75) is 20.4 Å². The maximum Gasteiger partial charge on any atom is 0.128 e. The Balaban J connectivity index is 2.17. The molecular formula is C15H14BrClFN. The van der Waals surface area contributed by atoms with Crippen molar-refractivity contribution in [3.63, 3.8) is 0 Å². The zero-order valence-corrected chi connectivity index (χ0v) is 13.1. The summed E-state index contributed by atoms with van der Waals surface area (Å²) in [6.45, 7) is 4.47. The summed E-state index contributed by atoms with van der Waals surface area (Å²) in [5.41, 5.74) is 3.83. The highest BCUT2D eigenvalue weighted by atomic mass is 79.9. The highest BCUT2D eigenvalue weighted by molar-refractivity contribution is 9.10. The van der Waals surface area contributed by atoms with Crippen LogP contribution >= 0.6 is 27.5 Å². The minimum absolute atomic E-state index is 0.248. The van der Waals surface area contributed by atoms with Crippen molar-refractivity contribution in [3.8, 4) is 0 Å². The molecule has 0 heterocycles. The van der Waals surface area contributed by atoms with Crippen LogP contribution in [0.15, 0.2) is 34.8 Å². The molecule has 100 valence electrons. The van der Waals surface area contributed by atoms with Gasteiger partial charge in [0.1, 0.15) is 5.82 Å². The van der Waals surface area contributed by atoms with Crippen molar-refractivity contribution in [2.75, 3.05) is 5.32 Å². The fourth-order valence-corrected chi connectivity index (χ4v) is 2.35. The summed E-state index contributed by atoms with van der Waals surface area (Å²) >= 11 is 9.39. The molecule has 1 nitrogen and oxygen atoms in total. The Bertz CT molecular complexity index is 590. The number of rotatable bonds is 3. The van der Waals surface area contributed by atoms with Crippen molar-refractivity contribution < 1.29 is 4.39 Å². The molecule has 0 spiro atoms. The van der Waals surface area contributed by atoms with Gasteiger partial charge in [0.25, 0.3) is 0 Å². The Kier molecular flexibility index (Phi) is 4.48. The summed E-state index contributed by atoms with van der Waals surface area (Å²) in [6, 6.07) is 8.63. The van der Waals surface area contributed by atoms with Gasteiger partial charge in [-0.3, -0.25) is 0 Å². The van der Waals surface area contributed by atoms with E-state index in [4.69, 9.17) is 11.6 Å². The van der Waals surface area contributed by atoms with Crippen molar-refractivity contribution >= 4 is 33.2 Å². The van der Waals surface area contributed by atoms with Crippen LogP contribution in [0, 0.1) is 19.7 Å². The molecular weight excluding hydrogens is 329 g/mol. The minimum atomic E-state index is -0.248. The van der Waals surface area contributed by atoms with Crippen LogP contribution in [-0.2, 0) is 6.54 Å². The number of hydrogen-bond donors (Lipinski definition) is 1. The molecule has 0 atom stereocenters. The third-order valence-corrected chi connectivity index (χ3v) is 4.41. The number of halogens is 3. The van der Waals surface area contributed by atoms with Crippen molar-refractivity contribution in [3.05, 3.63) is 62.3 Å².